The molecule has 88 valence electrons. The lowest BCUT2D eigenvalue weighted by atomic mass is 10.3. The molecule has 0 unspecified atom stereocenters. The fourth-order valence-electron chi connectivity index (χ4n) is 1.59. The molecule has 5 heteroatoms. The molecule has 2 aromatic rings. The van der Waals surface area contributed by atoms with Crippen molar-refractivity contribution in [3.8, 4) is 0 Å². The lowest BCUT2D eigenvalue weighted by Gasteiger charge is -2.09. The predicted molar refractivity (Wildman–Crippen MR) is 66.2 cm³/mol. The van der Waals surface area contributed by atoms with Gasteiger partial charge in [0.2, 0.25) is 0 Å². The van der Waals surface area contributed by atoms with Gasteiger partial charge in [0.25, 0.3) is 0 Å². The minimum atomic E-state index is -0.0469. The number of nitrogens with zero attached hydrogens (tertiary/aromatic N) is 4. The molecule has 0 atom stereocenters. The summed E-state index contributed by atoms with van der Waals surface area (Å²) in [5.74, 6) is -0.0469. The van der Waals surface area contributed by atoms with Crippen molar-refractivity contribution in [3.63, 3.8) is 0 Å². The first-order valence-corrected chi connectivity index (χ1v) is 5.29. The monoisotopic (exact) mass is 230 g/mol. The number of fused-ring (bicyclic) bond motifs is 1. The van der Waals surface area contributed by atoms with E-state index < -0.39 is 0 Å². The van der Waals surface area contributed by atoms with Crippen molar-refractivity contribution in [2.75, 3.05) is 14.1 Å². The highest BCUT2D eigenvalue weighted by Crippen LogP contribution is 2.15. The molecule has 17 heavy (non-hydrogen) atoms. The zero-order valence-corrected chi connectivity index (χ0v) is 10.1. The minimum absolute atomic E-state index is 0.0469. The van der Waals surface area contributed by atoms with Crippen molar-refractivity contribution < 1.29 is 4.79 Å². The Morgan fingerprint density at radius 2 is 2.06 bits per heavy atom. The number of hydrogen-bond acceptors (Lipinski definition) is 4. The Morgan fingerprint density at radius 3 is 2.71 bits per heavy atom. The topological polar surface area (TPSA) is 51.0 Å². The van der Waals surface area contributed by atoms with E-state index in [2.05, 4.69) is 10.3 Å². The number of carbonyl (C=O) groups excluding carboxylic acids is 1. The van der Waals surface area contributed by atoms with Gasteiger partial charge < -0.3 is 4.90 Å². The van der Waals surface area contributed by atoms with Crippen LogP contribution in [0.4, 0.5) is 0 Å². The van der Waals surface area contributed by atoms with Gasteiger partial charge in [-0.05, 0) is 12.1 Å². The highest BCUT2D eigenvalue weighted by molar-refractivity contribution is 6.14. The lowest BCUT2D eigenvalue weighted by Crippen LogP contribution is -2.12. The van der Waals surface area contributed by atoms with Gasteiger partial charge in [0.1, 0.15) is 11.2 Å². The summed E-state index contributed by atoms with van der Waals surface area (Å²) in [6.45, 7) is 1.52. The average Bonchev–Trinajstić information content (AvgIpc) is 2.69. The number of allylic oxidation sites excluding steroid dienone is 1. The Balaban J connectivity index is 2.61. The van der Waals surface area contributed by atoms with Crippen molar-refractivity contribution in [3.05, 3.63) is 30.5 Å². The fourth-order valence-corrected chi connectivity index (χ4v) is 1.59. The van der Waals surface area contributed by atoms with Crippen LogP contribution in [0.15, 0.2) is 30.5 Å². The largest absolute Gasteiger partial charge is 0.382 e. The van der Waals surface area contributed by atoms with Gasteiger partial charge in [0.15, 0.2) is 5.78 Å². The molecular weight excluding hydrogens is 216 g/mol. The summed E-state index contributed by atoms with van der Waals surface area (Å²) in [6.07, 6.45) is 1.74. The van der Waals surface area contributed by atoms with E-state index in [1.54, 1.807) is 10.9 Å². The summed E-state index contributed by atoms with van der Waals surface area (Å²) in [4.78, 5) is 13.5. The molecule has 0 saturated carbocycles. The molecular formula is C12H14N4O. The molecule has 2 rings (SSSR count). The minimum Gasteiger partial charge on any atom is -0.382 e. The van der Waals surface area contributed by atoms with E-state index in [-0.39, 0.29) is 5.78 Å². The maximum Gasteiger partial charge on any atom is 0.179 e. The standard InChI is InChI=1S/C12H14N4O/c1-9(17)12(8-15(2)3)16-11-7-5-4-6-10(11)13-14-16/h4-8H,1-3H3/b12-8-. The maximum absolute atomic E-state index is 11.6. The van der Waals surface area contributed by atoms with Gasteiger partial charge in [-0.2, -0.15) is 0 Å². The summed E-state index contributed by atoms with van der Waals surface area (Å²) in [5, 5.41) is 8.05. The first-order valence-electron chi connectivity index (χ1n) is 5.29. The third-order valence-electron chi connectivity index (χ3n) is 2.32. The number of hydrogen-bond donors (Lipinski definition) is 0. The Labute approximate surface area is 99.3 Å². The Kier molecular flexibility index (Phi) is 2.91. The fraction of sp³-hybridized carbons (Fsp3) is 0.250. The highest BCUT2D eigenvalue weighted by Gasteiger charge is 2.12. The lowest BCUT2D eigenvalue weighted by molar-refractivity contribution is -0.112. The van der Waals surface area contributed by atoms with E-state index in [0.29, 0.717) is 5.70 Å². The summed E-state index contributed by atoms with van der Waals surface area (Å²) in [5.41, 5.74) is 2.11. The predicted octanol–water partition coefficient (Wildman–Crippen LogP) is 1.38. The number of para-hydroxylation sites is 1. The zero-order chi connectivity index (χ0) is 12.4. The molecule has 1 aromatic heterocycles. The average molecular weight is 230 g/mol. The van der Waals surface area contributed by atoms with E-state index in [9.17, 15) is 4.79 Å². The van der Waals surface area contributed by atoms with Gasteiger partial charge in [0, 0.05) is 27.2 Å². The Hall–Kier alpha value is -2.17. The van der Waals surface area contributed by atoms with Crippen molar-refractivity contribution in [2.45, 2.75) is 6.92 Å². The highest BCUT2D eigenvalue weighted by atomic mass is 16.1. The third-order valence-corrected chi connectivity index (χ3v) is 2.32. The van der Waals surface area contributed by atoms with E-state index in [1.165, 1.54) is 6.92 Å². The Morgan fingerprint density at radius 1 is 1.35 bits per heavy atom. The SMILES string of the molecule is CC(=O)/C(=C/N(C)C)n1nnc2ccccc21. The summed E-state index contributed by atoms with van der Waals surface area (Å²) in [7, 11) is 3.73. The second-order valence-corrected chi connectivity index (χ2v) is 4.02. The van der Waals surface area contributed by atoms with Gasteiger partial charge in [-0.25, -0.2) is 4.68 Å². The summed E-state index contributed by atoms with van der Waals surface area (Å²) < 4.78 is 1.57. The molecule has 0 fully saturated rings. The van der Waals surface area contributed by atoms with Crippen molar-refractivity contribution >= 4 is 22.5 Å². The number of benzene rings is 1. The maximum atomic E-state index is 11.6. The van der Waals surface area contributed by atoms with Gasteiger partial charge in [-0.1, -0.05) is 17.3 Å². The van der Waals surface area contributed by atoms with E-state index in [0.717, 1.165) is 11.0 Å². The second kappa shape index (κ2) is 4.37. The molecule has 1 aromatic carbocycles. The van der Waals surface area contributed by atoms with Crippen molar-refractivity contribution in [1.29, 1.82) is 0 Å². The van der Waals surface area contributed by atoms with Crippen molar-refractivity contribution in [1.82, 2.24) is 19.9 Å². The van der Waals surface area contributed by atoms with Crippen LogP contribution >= 0.6 is 0 Å². The molecule has 0 aliphatic rings. The van der Waals surface area contributed by atoms with Gasteiger partial charge in [0.05, 0.1) is 5.52 Å². The van der Waals surface area contributed by atoms with Crippen molar-refractivity contribution in [2.24, 2.45) is 0 Å². The zero-order valence-electron chi connectivity index (χ0n) is 10.1. The molecule has 0 spiro atoms. The van der Waals surface area contributed by atoms with Crippen LogP contribution in [0, 0.1) is 0 Å². The number of Topliss-reactive ketones (excluding diaryl/α,β-unsaturated/α-hetero) is 1. The van der Waals surface area contributed by atoms with Gasteiger partial charge >= 0.3 is 0 Å². The summed E-state index contributed by atoms with van der Waals surface area (Å²) >= 11 is 0. The number of aromatic nitrogens is 3. The first-order chi connectivity index (χ1) is 8.09. The quantitative estimate of drug-likeness (QED) is 0.747. The van der Waals surface area contributed by atoms with Crippen LogP contribution < -0.4 is 0 Å². The molecule has 0 aliphatic carbocycles. The van der Waals surface area contributed by atoms with Gasteiger partial charge in [-0.15, -0.1) is 5.10 Å². The van der Waals surface area contributed by atoms with Crippen LogP contribution in [0.3, 0.4) is 0 Å². The molecule has 0 saturated heterocycles. The van der Waals surface area contributed by atoms with Crippen LogP contribution in [0.25, 0.3) is 16.7 Å². The smallest absolute Gasteiger partial charge is 0.179 e. The van der Waals surface area contributed by atoms with Crippen LogP contribution in [0.1, 0.15) is 6.92 Å². The molecule has 5 nitrogen and oxygen atoms in total. The number of carbonyl (C=O) groups is 1. The summed E-state index contributed by atoms with van der Waals surface area (Å²) in [6, 6.07) is 7.55. The molecule has 0 N–H and O–H groups in total. The Bertz CT molecular complexity index is 583. The third kappa shape index (κ3) is 2.18. The van der Waals surface area contributed by atoms with E-state index >= 15 is 0 Å². The molecule has 0 radical (unpaired) electrons. The van der Waals surface area contributed by atoms with Crippen LogP contribution in [-0.4, -0.2) is 39.8 Å². The second-order valence-electron chi connectivity index (χ2n) is 4.02. The first kappa shape index (κ1) is 11.3. The van der Waals surface area contributed by atoms with Crippen LogP contribution in [-0.2, 0) is 4.79 Å². The number of rotatable bonds is 3. The number of ketones is 1. The molecule has 0 bridgehead atoms. The molecule has 0 amide bonds. The van der Waals surface area contributed by atoms with Crippen LogP contribution in [0.5, 0.6) is 0 Å². The van der Waals surface area contributed by atoms with Crippen LogP contribution in [0.2, 0.25) is 0 Å². The molecule has 0 aliphatic heterocycles. The van der Waals surface area contributed by atoms with Gasteiger partial charge in [-0.3, -0.25) is 4.79 Å². The normalized spacial score (nSPS) is 11.8. The molecule has 1 heterocycles. The van der Waals surface area contributed by atoms with E-state index in [4.69, 9.17) is 0 Å². The van der Waals surface area contributed by atoms with E-state index in [1.807, 2.05) is 43.3 Å².